The van der Waals surface area contributed by atoms with E-state index in [2.05, 4.69) is 15.2 Å². The number of thiophene rings is 1. The predicted molar refractivity (Wildman–Crippen MR) is 113 cm³/mol. The molecule has 6 nitrogen and oxygen atoms in total. The van der Waals surface area contributed by atoms with E-state index in [1.54, 1.807) is 11.3 Å². The van der Waals surface area contributed by atoms with Crippen molar-refractivity contribution in [2.75, 3.05) is 38.0 Å². The minimum absolute atomic E-state index is 0.0360. The lowest BCUT2D eigenvalue weighted by Gasteiger charge is -2.33. The second-order valence-corrected chi connectivity index (χ2v) is 8.17. The first kappa shape index (κ1) is 18.8. The van der Waals surface area contributed by atoms with Crippen molar-refractivity contribution in [2.24, 2.45) is 0 Å². The molecule has 0 atom stereocenters. The standard InChI is InChI=1S/C20H20N4O2S2/c25-18(21-16-4-2-1-3-5-16)12-23-7-9-24(10-8-23)20(26)17-14-28-19(22-17)15-6-11-27-13-15/h1-6,11,13-14H,7-10,12H2,(H,21,25). The maximum absolute atomic E-state index is 12.7. The predicted octanol–water partition coefficient (Wildman–Crippen LogP) is 3.27. The van der Waals surface area contributed by atoms with Gasteiger partial charge in [-0.3, -0.25) is 14.5 Å². The quantitative estimate of drug-likeness (QED) is 0.699. The molecule has 1 aliphatic heterocycles. The molecule has 4 rings (SSSR count). The van der Waals surface area contributed by atoms with Gasteiger partial charge >= 0.3 is 0 Å². The van der Waals surface area contributed by atoms with Gasteiger partial charge in [-0.25, -0.2) is 4.98 Å². The molecule has 1 saturated heterocycles. The average Bonchev–Trinajstić information content (AvgIpc) is 3.40. The molecular weight excluding hydrogens is 392 g/mol. The number of hydrogen-bond donors (Lipinski definition) is 1. The van der Waals surface area contributed by atoms with Crippen molar-refractivity contribution in [3.63, 3.8) is 0 Å². The van der Waals surface area contributed by atoms with E-state index >= 15 is 0 Å². The van der Waals surface area contributed by atoms with Crippen LogP contribution in [0.15, 0.2) is 52.5 Å². The number of nitrogens with one attached hydrogen (secondary N) is 1. The average molecular weight is 413 g/mol. The fourth-order valence-electron chi connectivity index (χ4n) is 3.09. The fraction of sp³-hybridized carbons (Fsp3) is 0.250. The Bertz CT molecular complexity index is 932. The minimum Gasteiger partial charge on any atom is -0.335 e. The second kappa shape index (κ2) is 8.64. The number of piperazine rings is 1. The van der Waals surface area contributed by atoms with Crippen molar-refractivity contribution in [1.82, 2.24) is 14.8 Å². The number of para-hydroxylation sites is 1. The number of aromatic nitrogens is 1. The molecule has 3 aromatic rings. The third-order valence-corrected chi connectivity index (χ3v) is 6.15. The van der Waals surface area contributed by atoms with Crippen LogP contribution in [-0.2, 0) is 4.79 Å². The smallest absolute Gasteiger partial charge is 0.273 e. The van der Waals surface area contributed by atoms with Crippen LogP contribution < -0.4 is 5.32 Å². The molecule has 0 radical (unpaired) electrons. The molecule has 8 heteroatoms. The summed E-state index contributed by atoms with van der Waals surface area (Å²) in [5, 5.41) is 9.64. The number of rotatable bonds is 5. The first-order valence-electron chi connectivity index (χ1n) is 9.04. The highest BCUT2D eigenvalue weighted by molar-refractivity contribution is 7.14. The van der Waals surface area contributed by atoms with Crippen molar-refractivity contribution in [1.29, 1.82) is 0 Å². The molecule has 0 bridgehead atoms. The van der Waals surface area contributed by atoms with E-state index in [0.717, 1.165) is 16.3 Å². The van der Waals surface area contributed by atoms with Crippen LogP contribution in [-0.4, -0.2) is 59.3 Å². The maximum Gasteiger partial charge on any atom is 0.273 e. The molecule has 3 heterocycles. The first-order valence-corrected chi connectivity index (χ1v) is 10.9. The Hall–Kier alpha value is -2.55. The molecule has 0 saturated carbocycles. The Labute approximate surface area is 171 Å². The van der Waals surface area contributed by atoms with Gasteiger partial charge in [-0.1, -0.05) is 18.2 Å². The highest BCUT2D eigenvalue weighted by atomic mass is 32.1. The van der Waals surface area contributed by atoms with E-state index in [0.29, 0.717) is 38.4 Å². The van der Waals surface area contributed by atoms with Crippen LogP contribution in [0.4, 0.5) is 5.69 Å². The largest absolute Gasteiger partial charge is 0.335 e. The molecule has 1 fully saturated rings. The second-order valence-electron chi connectivity index (χ2n) is 6.53. The van der Waals surface area contributed by atoms with Gasteiger partial charge < -0.3 is 10.2 Å². The van der Waals surface area contributed by atoms with Crippen molar-refractivity contribution in [2.45, 2.75) is 0 Å². The van der Waals surface area contributed by atoms with E-state index in [-0.39, 0.29) is 11.8 Å². The van der Waals surface area contributed by atoms with Gasteiger partial charge in [0, 0.05) is 48.2 Å². The molecule has 1 aliphatic rings. The number of carbonyl (C=O) groups excluding carboxylic acids is 2. The van der Waals surface area contributed by atoms with Crippen LogP contribution in [0, 0.1) is 0 Å². The number of thiazole rings is 1. The fourth-order valence-corrected chi connectivity index (χ4v) is 4.59. The summed E-state index contributed by atoms with van der Waals surface area (Å²) in [6.07, 6.45) is 0. The normalized spacial score (nSPS) is 14.8. The van der Waals surface area contributed by atoms with E-state index in [9.17, 15) is 9.59 Å². The Morgan fingerprint density at radius 1 is 1.04 bits per heavy atom. The van der Waals surface area contributed by atoms with E-state index < -0.39 is 0 Å². The lowest BCUT2D eigenvalue weighted by molar-refractivity contribution is -0.117. The van der Waals surface area contributed by atoms with E-state index in [1.807, 2.05) is 57.4 Å². The third-order valence-electron chi connectivity index (χ3n) is 4.58. The Balaban J connectivity index is 1.28. The summed E-state index contributed by atoms with van der Waals surface area (Å²) in [7, 11) is 0. The van der Waals surface area contributed by atoms with Gasteiger partial charge in [-0.05, 0) is 23.6 Å². The van der Waals surface area contributed by atoms with Crippen LogP contribution in [0.25, 0.3) is 10.6 Å². The lowest BCUT2D eigenvalue weighted by atomic mass is 10.2. The van der Waals surface area contributed by atoms with Crippen molar-refractivity contribution in [3.8, 4) is 10.6 Å². The van der Waals surface area contributed by atoms with Gasteiger partial charge in [0.05, 0.1) is 6.54 Å². The molecule has 144 valence electrons. The topological polar surface area (TPSA) is 65.5 Å². The maximum atomic E-state index is 12.7. The van der Waals surface area contributed by atoms with Gasteiger partial charge in [-0.2, -0.15) is 11.3 Å². The molecule has 2 aromatic heterocycles. The number of anilines is 1. The van der Waals surface area contributed by atoms with E-state index in [4.69, 9.17) is 0 Å². The molecule has 2 amide bonds. The summed E-state index contributed by atoms with van der Waals surface area (Å²) in [6.45, 7) is 2.88. The SMILES string of the molecule is O=C(CN1CCN(C(=O)c2csc(-c3ccsc3)n2)CC1)Nc1ccccc1. The number of nitrogens with zero attached hydrogens (tertiary/aromatic N) is 3. The Kier molecular flexibility index (Phi) is 5.80. The van der Waals surface area contributed by atoms with Gasteiger partial charge in [-0.15, -0.1) is 11.3 Å². The summed E-state index contributed by atoms with van der Waals surface area (Å²) >= 11 is 3.11. The highest BCUT2D eigenvalue weighted by Crippen LogP contribution is 2.26. The number of amides is 2. The van der Waals surface area contributed by atoms with Crippen LogP contribution in [0.2, 0.25) is 0 Å². The highest BCUT2D eigenvalue weighted by Gasteiger charge is 2.25. The van der Waals surface area contributed by atoms with Crippen LogP contribution in [0.1, 0.15) is 10.5 Å². The third kappa shape index (κ3) is 4.46. The number of benzene rings is 1. The van der Waals surface area contributed by atoms with Crippen LogP contribution in [0.3, 0.4) is 0 Å². The van der Waals surface area contributed by atoms with Crippen LogP contribution >= 0.6 is 22.7 Å². The zero-order chi connectivity index (χ0) is 19.3. The zero-order valence-corrected chi connectivity index (χ0v) is 16.8. The lowest BCUT2D eigenvalue weighted by Crippen LogP contribution is -2.50. The van der Waals surface area contributed by atoms with Gasteiger partial charge in [0.25, 0.3) is 5.91 Å². The van der Waals surface area contributed by atoms with Crippen molar-refractivity contribution >= 4 is 40.2 Å². The number of hydrogen-bond acceptors (Lipinski definition) is 6. The van der Waals surface area contributed by atoms with Gasteiger partial charge in [0.15, 0.2) is 0 Å². The minimum atomic E-state index is -0.0362. The molecule has 0 aliphatic carbocycles. The molecule has 1 N–H and O–H groups in total. The zero-order valence-electron chi connectivity index (χ0n) is 15.2. The number of carbonyl (C=O) groups is 2. The monoisotopic (exact) mass is 412 g/mol. The molecule has 0 spiro atoms. The van der Waals surface area contributed by atoms with Gasteiger partial charge in [0.1, 0.15) is 10.7 Å². The Morgan fingerprint density at radius 2 is 1.82 bits per heavy atom. The van der Waals surface area contributed by atoms with Crippen molar-refractivity contribution < 1.29 is 9.59 Å². The molecule has 28 heavy (non-hydrogen) atoms. The Morgan fingerprint density at radius 3 is 2.54 bits per heavy atom. The molecule has 1 aromatic carbocycles. The van der Waals surface area contributed by atoms with Gasteiger partial charge in [0.2, 0.25) is 5.91 Å². The summed E-state index contributed by atoms with van der Waals surface area (Å²) in [5.74, 6) is -0.0722. The summed E-state index contributed by atoms with van der Waals surface area (Å²) in [6, 6.07) is 11.4. The van der Waals surface area contributed by atoms with E-state index in [1.165, 1.54) is 11.3 Å². The summed E-state index contributed by atoms with van der Waals surface area (Å²) < 4.78 is 0. The van der Waals surface area contributed by atoms with Crippen LogP contribution in [0.5, 0.6) is 0 Å². The first-order chi connectivity index (χ1) is 13.7. The van der Waals surface area contributed by atoms with Crippen molar-refractivity contribution in [3.05, 3.63) is 58.2 Å². The molecular formula is C20H20N4O2S2. The summed E-state index contributed by atoms with van der Waals surface area (Å²) in [5.41, 5.74) is 2.36. The molecule has 0 unspecified atom stereocenters. The summed E-state index contributed by atoms with van der Waals surface area (Å²) in [4.78, 5) is 33.3.